The average molecular weight is 469 g/mol. The molecule has 0 amide bonds. The lowest BCUT2D eigenvalue weighted by Crippen LogP contribution is -2.18. The third-order valence-corrected chi connectivity index (χ3v) is 5.83. The van der Waals surface area contributed by atoms with Crippen LogP contribution in [0.25, 0.3) is 0 Å². The van der Waals surface area contributed by atoms with Gasteiger partial charge in [0.25, 0.3) is 0 Å². The summed E-state index contributed by atoms with van der Waals surface area (Å²) < 4.78 is 15.8. The van der Waals surface area contributed by atoms with Gasteiger partial charge < -0.3 is 24.4 Å². The molecule has 0 aliphatic heterocycles. The highest BCUT2D eigenvalue weighted by Gasteiger charge is 2.23. The molecule has 3 aromatic rings. The van der Waals surface area contributed by atoms with Crippen LogP contribution in [0.3, 0.4) is 0 Å². The molecular weight excluding hydrogens is 440 g/mol. The van der Waals surface area contributed by atoms with Crippen LogP contribution in [0.5, 0.6) is 11.5 Å². The van der Waals surface area contributed by atoms with Crippen LogP contribution in [0.4, 0.5) is 11.8 Å². The molecule has 0 radical (unpaired) electrons. The first-order chi connectivity index (χ1) is 16.0. The van der Waals surface area contributed by atoms with E-state index in [1.54, 1.807) is 19.1 Å². The van der Waals surface area contributed by atoms with Gasteiger partial charge in [-0.3, -0.25) is 0 Å². The van der Waals surface area contributed by atoms with Gasteiger partial charge in [-0.2, -0.15) is 4.98 Å². The van der Waals surface area contributed by atoms with E-state index in [-0.39, 0.29) is 0 Å². The van der Waals surface area contributed by atoms with Crippen LogP contribution in [-0.2, 0) is 17.0 Å². The van der Waals surface area contributed by atoms with Crippen LogP contribution in [0.15, 0.2) is 53.6 Å². The number of nitrogens with zero attached hydrogens (tertiary/aromatic N) is 3. The number of carbonyl (C=O) groups is 1. The number of anilines is 2. The summed E-state index contributed by atoms with van der Waals surface area (Å²) in [5, 5.41) is 3.83. The van der Waals surface area contributed by atoms with Gasteiger partial charge in [-0.15, -0.1) is 11.8 Å². The molecule has 0 aliphatic carbocycles. The maximum absolute atomic E-state index is 12.7. The van der Waals surface area contributed by atoms with Crippen LogP contribution >= 0.6 is 11.8 Å². The number of nitrogens with one attached hydrogen (secondary N) is 1. The number of hydrogen-bond acceptors (Lipinski definition) is 9. The molecule has 9 heteroatoms. The second-order valence-corrected chi connectivity index (χ2v) is 8.22. The van der Waals surface area contributed by atoms with Crippen molar-refractivity contribution in [2.24, 2.45) is 0 Å². The molecule has 0 atom stereocenters. The first-order valence-corrected chi connectivity index (χ1v) is 11.2. The van der Waals surface area contributed by atoms with Crippen LogP contribution in [0, 0.1) is 0 Å². The fourth-order valence-corrected chi connectivity index (χ4v) is 4.02. The van der Waals surface area contributed by atoms with Crippen molar-refractivity contribution >= 4 is 29.5 Å². The summed E-state index contributed by atoms with van der Waals surface area (Å²) in [6, 6.07) is 15.7. The van der Waals surface area contributed by atoms with E-state index < -0.39 is 5.97 Å². The van der Waals surface area contributed by atoms with E-state index >= 15 is 0 Å². The summed E-state index contributed by atoms with van der Waals surface area (Å²) >= 11 is 1.47. The Bertz CT molecular complexity index is 1090. The number of thioether (sulfide) groups is 1. The Kier molecular flexibility index (Phi) is 8.37. The van der Waals surface area contributed by atoms with E-state index in [0.717, 1.165) is 11.1 Å². The fourth-order valence-electron chi connectivity index (χ4n) is 3.05. The molecule has 8 nitrogen and oxygen atoms in total. The largest absolute Gasteiger partial charge is 0.493 e. The first kappa shape index (κ1) is 24.2. The van der Waals surface area contributed by atoms with Crippen molar-refractivity contribution in [1.29, 1.82) is 0 Å². The molecule has 2 aromatic carbocycles. The number of rotatable bonds is 10. The van der Waals surface area contributed by atoms with Crippen molar-refractivity contribution in [2.45, 2.75) is 17.3 Å². The van der Waals surface area contributed by atoms with Gasteiger partial charge in [0.15, 0.2) is 11.5 Å². The SMILES string of the molecule is COC(=O)c1c(NCc2ccc(OC)c(OC)c2)nc(N(C)C)nc1SCc1ccccc1. The van der Waals surface area contributed by atoms with Gasteiger partial charge in [-0.05, 0) is 23.3 Å². The molecule has 0 spiro atoms. The lowest BCUT2D eigenvalue weighted by Gasteiger charge is -2.18. The molecule has 1 N–H and O–H groups in total. The molecule has 0 unspecified atom stereocenters. The second-order valence-electron chi connectivity index (χ2n) is 7.26. The zero-order chi connectivity index (χ0) is 23.8. The van der Waals surface area contributed by atoms with Crippen molar-refractivity contribution in [1.82, 2.24) is 9.97 Å². The van der Waals surface area contributed by atoms with Gasteiger partial charge in [0.2, 0.25) is 5.95 Å². The molecule has 3 rings (SSSR count). The molecule has 0 aliphatic rings. The number of aromatic nitrogens is 2. The average Bonchev–Trinajstić information content (AvgIpc) is 2.85. The van der Waals surface area contributed by atoms with Crippen molar-refractivity contribution in [3.63, 3.8) is 0 Å². The Balaban J connectivity index is 1.94. The summed E-state index contributed by atoms with van der Waals surface area (Å²) in [5.41, 5.74) is 2.37. The highest BCUT2D eigenvalue weighted by molar-refractivity contribution is 7.98. The summed E-state index contributed by atoms with van der Waals surface area (Å²) in [6.45, 7) is 0.414. The minimum atomic E-state index is -0.495. The minimum absolute atomic E-state index is 0.310. The lowest BCUT2D eigenvalue weighted by atomic mass is 10.2. The third kappa shape index (κ3) is 6.07. The predicted molar refractivity (Wildman–Crippen MR) is 131 cm³/mol. The van der Waals surface area contributed by atoms with Crippen molar-refractivity contribution < 1.29 is 19.0 Å². The molecule has 0 bridgehead atoms. The Hall–Kier alpha value is -3.46. The van der Waals surface area contributed by atoms with E-state index in [9.17, 15) is 4.79 Å². The number of ether oxygens (including phenoxy) is 3. The molecule has 1 heterocycles. The quantitative estimate of drug-likeness (QED) is 0.267. The topological polar surface area (TPSA) is 85.8 Å². The summed E-state index contributed by atoms with van der Waals surface area (Å²) in [4.78, 5) is 23.7. The Morgan fingerprint density at radius 2 is 1.70 bits per heavy atom. The minimum Gasteiger partial charge on any atom is -0.493 e. The van der Waals surface area contributed by atoms with Gasteiger partial charge >= 0.3 is 5.97 Å². The van der Waals surface area contributed by atoms with Crippen LogP contribution in [0.2, 0.25) is 0 Å². The number of benzene rings is 2. The summed E-state index contributed by atoms with van der Waals surface area (Å²) in [5.74, 6) is 2.34. The van der Waals surface area contributed by atoms with Gasteiger partial charge in [0, 0.05) is 26.4 Å². The van der Waals surface area contributed by atoms with Crippen LogP contribution in [0.1, 0.15) is 21.5 Å². The van der Waals surface area contributed by atoms with E-state index in [1.165, 1.54) is 18.9 Å². The predicted octanol–water partition coefficient (Wildman–Crippen LogP) is 4.25. The van der Waals surface area contributed by atoms with Crippen molar-refractivity contribution in [3.05, 3.63) is 65.2 Å². The molecule has 0 saturated heterocycles. The maximum atomic E-state index is 12.7. The lowest BCUT2D eigenvalue weighted by molar-refractivity contribution is 0.0596. The maximum Gasteiger partial charge on any atom is 0.344 e. The smallest absolute Gasteiger partial charge is 0.344 e. The Morgan fingerprint density at radius 3 is 2.33 bits per heavy atom. The Morgan fingerprint density at radius 1 is 0.970 bits per heavy atom. The zero-order valence-corrected chi connectivity index (χ0v) is 20.2. The third-order valence-electron chi connectivity index (χ3n) is 4.78. The van der Waals surface area contributed by atoms with E-state index in [2.05, 4.69) is 15.3 Å². The molecule has 0 saturated carbocycles. The molecule has 1 aromatic heterocycles. The number of esters is 1. The zero-order valence-electron chi connectivity index (χ0n) is 19.4. The van der Waals surface area contributed by atoms with Crippen molar-refractivity contribution in [2.75, 3.05) is 45.6 Å². The normalized spacial score (nSPS) is 10.5. The number of methoxy groups -OCH3 is 3. The van der Waals surface area contributed by atoms with E-state index in [0.29, 0.717) is 46.2 Å². The van der Waals surface area contributed by atoms with E-state index in [1.807, 2.05) is 62.6 Å². The molecule has 174 valence electrons. The summed E-state index contributed by atoms with van der Waals surface area (Å²) in [6.07, 6.45) is 0. The van der Waals surface area contributed by atoms with Gasteiger partial charge in [-0.1, -0.05) is 36.4 Å². The molecule has 33 heavy (non-hydrogen) atoms. The van der Waals surface area contributed by atoms with Crippen LogP contribution < -0.4 is 19.7 Å². The van der Waals surface area contributed by atoms with Crippen LogP contribution in [-0.4, -0.2) is 51.4 Å². The highest BCUT2D eigenvalue weighted by Crippen LogP contribution is 2.32. The molecular formula is C24H28N4O4S. The first-order valence-electron chi connectivity index (χ1n) is 10.3. The second kappa shape index (κ2) is 11.4. The van der Waals surface area contributed by atoms with E-state index in [4.69, 9.17) is 14.2 Å². The monoisotopic (exact) mass is 468 g/mol. The number of hydrogen-bond donors (Lipinski definition) is 1. The number of carbonyl (C=O) groups excluding carboxylic acids is 1. The fraction of sp³-hybridized carbons (Fsp3) is 0.292. The summed E-state index contributed by atoms with van der Waals surface area (Å²) in [7, 11) is 8.25. The van der Waals surface area contributed by atoms with Gasteiger partial charge in [0.1, 0.15) is 16.4 Å². The molecule has 0 fully saturated rings. The van der Waals surface area contributed by atoms with Gasteiger partial charge in [0.05, 0.1) is 21.3 Å². The van der Waals surface area contributed by atoms with Crippen molar-refractivity contribution in [3.8, 4) is 11.5 Å². The Labute approximate surface area is 198 Å². The van der Waals surface area contributed by atoms with Gasteiger partial charge in [-0.25, -0.2) is 9.78 Å². The highest BCUT2D eigenvalue weighted by atomic mass is 32.2. The standard InChI is InChI=1S/C24H28N4O4S/c1-28(2)24-26-21(25-14-17-11-12-18(30-3)19(13-17)31-4)20(23(29)32-5)22(27-24)33-15-16-9-7-6-8-10-16/h6-13H,14-15H2,1-5H3,(H,25,26,27).